The predicted molar refractivity (Wildman–Crippen MR) is 86.0 cm³/mol. The zero-order valence-corrected chi connectivity index (χ0v) is 14.0. The number of carbonyl (C=O) groups excluding carboxylic acids is 1. The molecule has 2 saturated carbocycles. The van der Waals surface area contributed by atoms with E-state index >= 15 is 0 Å². The van der Waals surface area contributed by atoms with Gasteiger partial charge in [0.2, 0.25) is 5.91 Å². The lowest BCUT2D eigenvalue weighted by molar-refractivity contribution is -0.130. The van der Waals surface area contributed by atoms with Crippen molar-refractivity contribution in [1.29, 1.82) is 0 Å². The van der Waals surface area contributed by atoms with Crippen LogP contribution in [0.1, 0.15) is 65.7 Å². The number of rotatable bonds is 4. The first-order chi connectivity index (χ1) is 9.91. The van der Waals surface area contributed by atoms with E-state index in [-0.39, 0.29) is 11.3 Å². The van der Waals surface area contributed by atoms with Gasteiger partial charge < -0.3 is 5.32 Å². The molecule has 3 fully saturated rings. The average molecular weight is 292 g/mol. The largest absolute Gasteiger partial charge is 0.352 e. The smallest absolute Gasteiger partial charge is 0.225 e. The highest BCUT2D eigenvalue weighted by Crippen LogP contribution is 2.39. The predicted octanol–water partition coefficient (Wildman–Crippen LogP) is 3.19. The molecule has 1 aliphatic heterocycles. The van der Waals surface area contributed by atoms with Crippen LogP contribution in [0.25, 0.3) is 0 Å². The number of hydrogen-bond donors (Lipinski definition) is 1. The lowest BCUT2D eigenvalue weighted by Gasteiger charge is -2.46. The van der Waals surface area contributed by atoms with Crippen molar-refractivity contribution in [1.82, 2.24) is 10.2 Å². The number of nitrogens with one attached hydrogen (secondary N) is 1. The third-order valence-electron chi connectivity index (χ3n) is 5.54. The maximum atomic E-state index is 12.3. The van der Waals surface area contributed by atoms with Crippen molar-refractivity contribution < 1.29 is 4.79 Å². The highest BCUT2D eigenvalue weighted by atomic mass is 16.2. The van der Waals surface area contributed by atoms with Crippen LogP contribution < -0.4 is 5.32 Å². The molecule has 1 heterocycles. The number of amides is 1. The molecule has 3 aliphatic rings. The van der Waals surface area contributed by atoms with Crippen molar-refractivity contribution in [2.24, 2.45) is 17.3 Å². The lowest BCUT2D eigenvalue weighted by atomic mass is 9.84. The molecule has 0 radical (unpaired) electrons. The molecule has 3 heteroatoms. The van der Waals surface area contributed by atoms with Gasteiger partial charge in [0.15, 0.2) is 0 Å². The van der Waals surface area contributed by atoms with Crippen LogP contribution in [-0.2, 0) is 4.79 Å². The van der Waals surface area contributed by atoms with E-state index in [9.17, 15) is 4.79 Å². The Balaban J connectivity index is 1.59. The van der Waals surface area contributed by atoms with Crippen molar-refractivity contribution in [3.05, 3.63) is 0 Å². The summed E-state index contributed by atoms with van der Waals surface area (Å²) in [5.41, 5.74) is -0.273. The summed E-state index contributed by atoms with van der Waals surface area (Å²) in [5.74, 6) is 2.01. The Bertz CT molecular complexity index is 379. The zero-order chi connectivity index (χ0) is 15.0. The van der Waals surface area contributed by atoms with Crippen LogP contribution in [0.2, 0.25) is 0 Å². The second kappa shape index (κ2) is 5.91. The van der Waals surface area contributed by atoms with E-state index in [4.69, 9.17) is 0 Å². The number of nitrogens with zero attached hydrogens (tertiary/aromatic N) is 1. The molecule has 1 amide bonds. The van der Waals surface area contributed by atoms with E-state index in [1.165, 1.54) is 51.5 Å². The summed E-state index contributed by atoms with van der Waals surface area (Å²) in [5, 5.41) is 3.33. The van der Waals surface area contributed by atoms with Crippen molar-refractivity contribution in [3.8, 4) is 0 Å². The number of hydrogen-bond acceptors (Lipinski definition) is 2. The van der Waals surface area contributed by atoms with Gasteiger partial charge in [0.1, 0.15) is 0 Å². The first-order valence-electron chi connectivity index (χ1n) is 8.97. The van der Waals surface area contributed by atoms with Crippen molar-refractivity contribution in [3.63, 3.8) is 0 Å². The van der Waals surface area contributed by atoms with Gasteiger partial charge in [-0.1, -0.05) is 40.0 Å². The fourth-order valence-corrected chi connectivity index (χ4v) is 3.79. The molecular weight excluding hydrogens is 260 g/mol. The Morgan fingerprint density at radius 3 is 2.33 bits per heavy atom. The SMILES string of the molecule is CC(C)(C)C(=O)NC1CC(CC2CC2)CN(C2CCC2)C1. The molecule has 0 bridgehead atoms. The van der Waals surface area contributed by atoms with Gasteiger partial charge in [0.25, 0.3) is 0 Å². The quantitative estimate of drug-likeness (QED) is 0.863. The minimum atomic E-state index is -0.273. The fourth-order valence-electron chi connectivity index (χ4n) is 3.79. The van der Waals surface area contributed by atoms with E-state index in [1.807, 2.05) is 20.8 Å². The summed E-state index contributed by atoms with van der Waals surface area (Å²) in [4.78, 5) is 15.0. The summed E-state index contributed by atoms with van der Waals surface area (Å²) < 4.78 is 0. The van der Waals surface area contributed by atoms with Crippen molar-refractivity contribution in [2.75, 3.05) is 13.1 Å². The van der Waals surface area contributed by atoms with Gasteiger partial charge in [-0.25, -0.2) is 0 Å². The summed E-state index contributed by atoms with van der Waals surface area (Å²) >= 11 is 0. The average Bonchev–Trinajstić information content (AvgIpc) is 3.08. The Labute approximate surface area is 129 Å². The molecule has 0 aromatic heterocycles. The molecule has 120 valence electrons. The molecule has 1 N–H and O–H groups in total. The van der Waals surface area contributed by atoms with Crippen molar-refractivity contribution in [2.45, 2.75) is 77.8 Å². The van der Waals surface area contributed by atoms with E-state index in [0.717, 1.165) is 24.4 Å². The van der Waals surface area contributed by atoms with Gasteiger partial charge in [-0.2, -0.15) is 0 Å². The first-order valence-corrected chi connectivity index (χ1v) is 8.97. The maximum Gasteiger partial charge on any atom is 0.225 e. The van der Waals surface area contributed by atoms with E-state index in [1.54, 1.807) is 0 Å². The molecule has 0 spiro atoms. The van der Waals surface area contributed by atoms with Crippen LogP contribution in [0, 0.1) is 17.3 Å². The van der Waals surface area contributed by atoms with Gasteiger partial charge in [0, 0.05) is 30.6 Å². The van der Waals surface area contributed by atoms with Crippen LogP contribution in [0.3, 0.4) is 0 Å². The maximum absolute atomic E-state index is 12.3. The lowest BCUT2D eigenvalue weighted by Crippen LogP contribution is -2.56. The molecule has 3 nitrogen and oxygen atoms in total. The molecule has 2 aliphatic carbocycles. The van der Waals surface area contributed by atoms with Gasteiger partial charge >= 0.3 is 0 Å². The van der Waals surface area contributed by atoms with Gasteiger partial charge in [-0.3, -0.25) is 9.69 Å². The molecule has 0 aromatic carbocycles. The summed E-state index contributed by atoms with van der Waals surface area (Å²) in [6.07, 6.45) is 9.62. The summed E-state index contributed by atoms with van der Waals surface area (Å²) in [6.45, 7) is 8.39. The van der Waals surface area contributed by atoms with Crippen LogP contribution in [-0.4, -0.2) is 36.0 Å². The van der Waals surface area contributed by atoms with Crippen LogP contribution >= 0.6 is 0 Å². The molecule has 21 heavy (non-hydrogen) atoms. The number of carbonyl (C=O) groups is 1. The number of piperidine rings is 1. The minimum Gasteiger partial charge on any atom is -0.352 e. The molecule has 0 aromatic rings. The Hall–Kier alpha value is -0.570. The second-order valence-electron chi connectivity index (χ2n) is 8.74. The molecule has 1 saturated heterocycles. The van der Waals surface area contributed by atoms with E-state index in [2.05, 4.69) is 10.2 Å². The van der Waals surface area contributed by atoms with Gasteiger partial charge in [-0.05, 0) is 37.5 Å². The topological polar surface area (TPSA) is 32.3 Å². The highest BCUT2D eigenvalue weighted by Gasteiger charge is 2.37. The fraction of sp³-hybridized carbons (Fsp3) is 0.944. The van der Waals surface area contributed by atoms with Gasteiger partial charge in [0.05, 0.1) is 0 Å². The molecule has 2 atom stereocenters. The zero-order valence-electron chi connectivity index (χ0n) is 14.0. The third-order valence-corrected chi connectivity index (χ3v) is 5.54. The Morgan fingerprint density at radius 1 is 1.10 bits per heavy atom. The van der Waals surface area contributed by atoms with Crippen LogP contribution in [0.5, 0.6) is 0 Å². The van der Waals surface area contributed by atoms with E-state index < -0.39 is 0 Å². The Morgan fingerprint density at radius 2 is 1.81 bits per heavy atom. The highest BCUT2D eigenvalue weighted by molar-refractivity contribution is 5.81. The normalized spacial score (nSPS) is 31.8. The molecule has 2 unspecified atom stereocenters. The summed E-state index contributed by atoms with van der Waals surface area (Å²) in [7, 11) is 0. The van der Waals surface area contributed by atoms with Crippen LogP contribution in [0.4, 0.5) is 0 Å². The van der Waals surface area contributed by atoms with Crippen LogP contribution in [0.15, 0.2) is 0 Å². The van der Waals surface area contributed by atoms with E-state index in [0.29, 0.717) is 6.04 Å². The summed E-state index contributed by atoms with van der Waals surface area (Å²) in [6, 6.07) is 1.18. The standard InChI is InChI=1S/C18H32N2O/c1-18(2,3)17(21)19-15-10-14(9-13-7-8-13)11-20(12-15)16-5-4-6-16/h13-16H,4-12H2,1-3H3,(H,19,21). The minimum absolute atomic E-state index is 0.216. The number of likely N-dealkylation sites (tertiary alicyclic amines) is 1. The molecule has 3 rings (SSSR count). The first kappa shape index (κ1) is 15.3. The third kappa shape index (κ3) is 4.00. The Kier molecular flexibility index (Phi) is 4.31. The van der Waals surface area contributed by atoms with Gasteiger partial charge in [-0.15, -0.1) is 0 Å². The molecular formula is C18H32N2O. The second-order valence-corrected chi connectivity index (χ2v) is 8.74. The monoisotopic (exact) mass is 292 g/mol. The van der Waals surface area contributed by atoms with Crippen molar-refractivity contribution >= 4 is 5.91 Å².